The third kappa shape index (κ3) is 3.29. The van der Waals surface area contributed by atoms with Crippen LogP contribution in [0.1, 0.15) is 43.6 Å². The van der Waals surface area contributed by atoms with Crippen molar-refractivity contribution < 1.29 is 19.1 Å². The SMILES string of the molecule is COC(=O)Cc1ccc2c(c1)-c1ccccc1C2OC(=O)C(C)(C)C. The molecular formula is C21H22O4. The minimum Gasteiger partial charge on any atom is -0.469 e. The Morgan fingerprint density at radius 3 is 2.36 bits per heavy atom. The highest BCUT2D eigenvalue weighted by Gasteiger charge is 2.34. The Morgan fingerprint density at radius 1 is 1.00 bits per heavy atom. The summed E-state index contributed by atoms with van der Waals surface area (Å²) in [5.74, 6) is -0.513. The Balaban J connectivity index is 2.01. The molecule has 0 amide bonds. The summed E-state index contributed by atoms with van der Waals surface area (Å²) in [5, 5.41) is 0. The molecule has 3 rings (SSSR count). The van der Waals surface area contributed by atoms with Gasteiger partial charge in [0.15, 0.2) is 6.10 Å². The maximum atomic E-state index is 12.4. The molecule has 0 spiro atoms. The van der Waals surface area contributed by atoms with Crippen LogP contribution in [0.25, 0.3) is 11.1 Å². The summed E-state index contributed by atoms with van der Waals surface area (Å²) in [6.45, 7) is 5.53. The second-order valence-electron chi connectivity index (χ2n) is 7.30. The first-order valence-corrected chi connectivity index (χ1v) is 8.31. The van der Waals surface area contributed by atoms with E-state index in [-0.39, 0.29) is 18.4 Å². The molecule has 1 aliphatic carbocycles. The molecule has 4 nitrogen and oxygen atoms in total. The first kappa shape index (κ1) is 17.2. The van der Waals surface area contributed by atoms with E-state index in [0.717, 1.165) is 27.8 Å². The number of hydrogen-bond acceptors (Lipinski definition) is 4. The molecule has 130 valence electrons. The predicted octanol–water partition coefficient (Wildman–Crippen LogP) is 4.06. The molecule has 1 aliphatic rings. The van der Waals surface area contributed by atoms with E-state index in [2.05, 4.69) is 0 Å². The fourth-order valence-corrected chi connectivity index (χ4v) is 2.96. The molecule has 2 aromatic carbocycles. The van der Waals surface area contributed by atoms with Crippen molar-refractivity contribution in [3.05, 3.63) is 59.2 Å². The third-order valence-electron chi connectivity index (χ3n) is 4.35. The highest BCUT2D eigenvalue weighted by Crippen LogP contribution is 2.46. The van der Waals surface area contributed by atoms with E-state index in [9.17, 15) is 9.59 Å². The van der Waals surface area contributed by atoms with Gasteiger partial charge in [0.25, 0.3) is 0 Å². The van der Waals surface area contributed by atoms with Crippen LogP contribution in [-0.2, 0) is 25.5 Å². The average molecular weight is 338 g/mol. The maximum absolute atomic E-state index is 12.4. The number of methoxy groups -OCH3 is 1. The number of fused-ring (bicyclic) bond motifs is 3. The minimum absolute atomic E-state index is 0.221. The van der Waals surface area contributed by atoms with Crippen LogP contribution in [0.3, 0.4) is 0 Å². The molecular weight excluding hydrogens is 316 g/mol. The monoisotopic (exact) mass is 338 g/mol. The molecule has 0 saturated heterocycles. The molecule has 0 radical (unpaired) electrons. The molecule has 25 heavy (non-hydrogen) atoms. The zero-order valence-electron chi connectivity index (χ0n) is 15.0. The summed E-state index contributed by atoms with van der Waals surface area (Å²) in [6.07, 6.45) is -0.191. The molecule has 0 bridgehead atoms. The van der Waals surface area contributed by atoms with E-state index in [0.29, 0.717) is 0 Å². The summed E-state index contributed by atoms with van der Waals surface area (Å²) in [7, 11) is 1.38. The van der Waals surface area contributed by atoms with Gasteiger partial charge in [0.2, 0.25) is 0 Å². The molecule has 0 N–H and O–H groups in total. The Bertz CT molecular complexity index is 830. The highest BCUT2D eigenvalue weighted by molar-refractivity contribution is 5.82. The van der Waals surface area contributed by atoms with Gasteiger partial charge in [0.05, 0.1) is 18.9 Å². The summed E-state index contributed by atoms with van der Waals surface area (Å²) < 4.78 is 10.6. The Hall–Kier alpha value is -2.62. The third-order valence-corrected chi connectivity index (χ3v) is 4.35. The van der Waals surface area contributed by atoms with Gasteiger partial charge in [0, 0.05) is 11.1 Å². The largest absolute Gasteiger partial charge is 0.469 e. The van der Waals surface area contributed by atoms with Crippen LogP contribution in [0.15, 0.2) is 42.5 Å². The lowest BCUT2D eigenvalue weighted by molar-refractivity contribution is -0.156. The second-order valence-corrected chi connectivity index (χ2v) is 7.30. The lowest BCUT2D eigenvalue weighted by Gasteiger charge is -2.22. The van der Waals surface area contributed by atoms with Gasteiger partial charge < -0.3 is 9.47 Å². The summed E-state index contributed by atoms with van der Waals surface area (Å²) in [6, 6.07) is 13.7. The molecule has 0 heterocycles. The summed E-state index contributed by atoms with van der Waals surface area (Å²) in [5.41, 5.74) is 4.28. The van der Waals surface area contributed by atoms with Crippen molar-refractivity contribution in [3.63, 3.8) is 0 Å². The van der Waals surface area contributed by atoms with Crippen molar-refractivity contribution in [2.45, 2.75) is 33.3 Å². The quantitative estimate of drug-likeness (QED) is 0.792. The first-order valence-electron chi connectivity index (χ1n) is 8.31. The lowest BCUT2D eigenvalue weighted by Crippen LogP contribution is -2.24. The predicted molar refractivity (Wildman–Crippen MR) is 95.0 cm³/mol. The fourth-order valence-electron chi connectivity index (χ4n) is 2.96. The van der Waals surface area contributed by atoms with E-state index in [1.54, 1.807) is 0 Å². The van der Waals surface area contributed by atoms with Crippen molar-refractivity contribution in [2.24, 2.45) is 5.41 Å². The van der Waals surface area contributed by atoms with Crippen molar-refractivity contribution in [1.82, 2.24) is 0 Å². The zero-order valence-corrected chi connectivity index (χ0v) is 15.0. The van der Waals surface area contributed by atoms with Crippen molar-refractivity contribution in [3.8, 4) is 11.1 Å². The Kier molecular flexibility index (Phi) is 4.38. The van der Waals surface area contributed by atoms with E-state index < -0.39 is 11.5 Å². The molecule has 0 aliphatic heterocycles. The van der Waals surface area contributed by atoms with Crippen LogP contribution in [0, 0.1) is 5.41 Å². The normalized spacial score (nSPS) is 15.3. The minimum atomic E-state index is -0.567. The van der Waals surface area contributed by atoms with Crippen molar-refractivity contribution in [1.29, 1.82) is 0 Å². The number of hydrogen-bond donors (Lipinski definition) is 0. The fraction of sp³-hybridized carbons (Fsp3) is 0.333. The molecule has 0 fully saturated rings. The Morgan fingerprint density at radius 2 is 1.68 bits per heavy atom. The second kappa shape index (κ2) is 6.36. The standard InChI is InChI=1S/C21H22O4/c1-21(2,3)20(23)25-19-15-8-6-5-7-14(15)17-11-13(9-10-16(17)19)12-18(22)24-4/h5-11,19H,12H2,1-4H3. The number of esters is 2. The van der Waals surface area contributed by atoms with Gasteiger partial charge >= 0.3 is 11.9 Å². The van der Waals surface area contributed by atoms with Gasteiger partial charge in [-0.3, -0.25) is 9.59 Å². The number of ether oxygens (including phenoxy) is 2. The molecule has 2 aromatic rings. The van der Waals surface area contributed by atoms with Gasteiger partial charge in [-0.1, -0.05) is 42.5 Å². The number of rotatable bonds is 3. The van der Waals surface area contributed by atoms with E-state index in [1.807, 2.05) is 63.2 Å². The van der Waals surface area contributed by atoms with Gasteiger partial charge in [0.1, 0.15) is 0 Å². The zero-order chi connectivity index (χ0) is 18.2. The van der Waals surface area contributed by atoms with Crippen molar-refractivity contribution in [2.75, 3.05) is 7.11 Å². The van der Waals surface area contributed by atoms with Crippen LogP contribution >= 0.6 is 0 Å². The topological polar surface area (TPSA) is 52.6 Å². The summed E-state index contributed by atoms with van der Waals surface area (Å²) in [4.78, 5) is 24.0. The molecule has 1 unspecified atom stereocenters. The van der Waals surface area contributed by atoms with Crippen molar-refractivity contribution >= 4 is 11.9 Å². The van der Waals surface area contributed by atoms with Crippen LogP contribution in [0.2, 0.25) is 0 Å². The average Bonchev–Trinajstić information content (AvgIpc) is 2.88. The molecule has 0 aromatic heterocycles. The lowest BCUT2D eigenvalue weighted by atomic mass is 9.97. The van der Waals surface area contributed by atoms with Gasteiger partial charge in [-0.2, -0.15) is 0 Å². The van der Waals surface area contributed by atoms with E-state index in [1.165, 1.54) is 7.11 Å². The number of benzene rings is 2. The van der Waals surface area contributed by atoms with Gasteiger partial charge in [-0.15, -0.1) is 0 Å². The van der Waals surface area contributed by atoms with E-state index >= 15 is 0 Å². The van der Waals surface area contributed by atoms with Crippen LogP contribution in [0.5, 0.6) is 0 Å². The van der Waals surface area contributed by atoms with E-state index in [4.69, 9.17) is 9.47 Å². The summed E-state index contributed by atoms with van der Waals surface area (Å²) >= 11 is 0. The maximum Gasteiger partial charge on any atom is 0.312 e. The molecule has 0 saturated carbocycles. The van der Waals surface area contributed by atoms with Crippen LogP contribution < -0.4 is 0 Å². The number of carbonyl (C=O) groups is 2. The van der Waals surface area contributed by atoms with Gasteiger partial charge in [-0.05, 0) is 37.5 Å². The highest BCUT2D eigenvalue weighted by atomic mass is 16.5. The first-order chi connectivity index (χ1) is 11.8. The van der Waals surface area contributed by atoms with Crippen LogP contribution in [-0.4, -0.2) is 19.0 Å². The molecule has 4 heteroatoms. The van der Waals surface area contributed by atoms with Gasteiger partial charge in [-0.25, -0.2) is 0 Å². The molecule has 1 atom stereocenters. The number of carbonyl (C=O) groups excluding carboxylic acids is 2. The van der Waals surface area contributed by atoms with Crippen LogP contribution in [0.4, 0.5) is 0 Å². The Labute approximate surface area is 147 Å². The smallest absolute Gasteiger partial charge is 0.312 e.